The lowest BCUT2D eigenvalue weighted by molar-refractivity contribution is -0.136. The lowest BCUT2D eigenvalue weighted by atomic mass is 9.85. The van der Waals surface area contributed by atoms with Crippen LogP contribution in [-0.2, 0) is 9.53 Å². The van der Waals surface area contributed by atoms with Crippen LogP contribution < -0.4 is 0 Å². The molecule has 6 nitrogen and oxygen atoms in total. The second-order valence-electron chi connectivity index (χ2n) is 8.55. The molecule has 2 saturated heterocycles. The number of imide groups is 1. The van der Waals surface area contributed by atoms with Gasteiger partial charge in [-0.25, -0.2) is 4.79 Å². The van der Waals surface area contributed by atoms with E-state index in [-0.39, 0.29) is 17.9 Å². The van der Waals surface area contributed by atoms with Crippen LogP contribution >= 0.6 is 11.6 Å². The minimum atomic E-state index is -0.753. The fraction of sp³-hybridized carbons (Fsp3) is 0.565. The molecule has 1 aromatic rings. The van der Waals surface area contributed by atoms with Gasteiger partial charge in [0, 0.05) is 44.9 Å². The number of hydrogen-bond acceptors (Lipinski definition) is 4. The molecular weight excluding hydrogens is 402 g/mol. The van der Waals surface area contributed by atoms with E-state index < -0.39 is 5.54 Å². The molecule has 2 aliphatic heterocycles. The third kappa shape index (κ3) is 4.88. The zero-order valence-corrected chi connectivity index (χ0v) is 18.9. The number of benzene rings is 1. The highest BCUT2D eigenvalue weighted by Gasteiger charge is 2.57. The first-order valence-corrected chi connectivity index (χ1v) is 11.0. The summed E-state index contributed by atoms with van der Waals surface area (Å²) >= 11 is 6.49. The number of methoxy groups -OCH3 is 1. The van der Waals surface area contributed by atoms with Crippen molar-refractivity contribution in [1.82, 2.24) is 14.7 Å². The molecule has 2 aliphatic rings. The molecule has 0 saturated carbocycles. The number of carbonyl (C=O) groups is 2. The number of likely N-dealkylation sites (tertiary alicyclic amines) is 1. The summed E-state index contributed by atoms with van der Waals surface area (Å²) in [5.41, 5.74) is 0.319. The number of nitrogens with zero attached hydrogens (tertiary/aromatic N) is 3. The van der Waals surface area contributed by atoms with Crippen molar-refractivity contribution in [3.63, 3.8) is 0 Å². The zero-order valence-electron chi connectivity index (χ0n) is 18.1. The number of carbonyl (C=O) groups excluding carboxylic acids is 2. The zero-order chi connectivity index (χ0) is 21.7. The smallest absolute Gasteiger partial charge is 0.327 e. The predicted octanol–water partition coefficient (Wildman–Crippen LogP) is 3.67. The topological polar surface area (TPSA) is 53.1 Å². The van der Waals surface area contributed by atoms with Crippen LogP contribution in [0.3, 0.4) is 0 Å². The molecule has 1 aromatic carbocycles. The van der Waals surface area contributed by atoms with E-state index in [1.165, 1.54) is 4.90 Å². The maximum Gasteiger partial charge on any atom is 0.327 e. The number of amides is 3. The summed E-state index contributed by atoms with van der Waals surface area (Å²) in [6, 6.07) is 9.82. The Kier molecular flexibility index (Phi) is 7.55. The normalized spacial score (nSPS) is 20.1. The second kappa shape index (κ2) is 9.94. The fourth-order valence-electron chi connectivity index (χ4n) is 4.35. The van der Waals surface area contributed by atoms with E-state index >= 15 is 0 Å². The first kappa shape index (κ1) is 22.8. The average Bonchev–Trinajstić information content (AvgIpc) is 2.90. The van der Waals surface area contributed by atoms with Gasteiger partial charge in [0.2, 0.25) is 0 Å². The van der Waals surface area contributed by atoms with E-state index in [9.17, 15) is 9.59 Å². The average molecular weight is 434 g/mol. The van der Waals surface area contributed by atoms with Crippen molar-refractivity contribution in [1.29, 1.82) is 0 Å². The van der Waals surface area contributed by atoms with Crippen molar-refractivity contribution in [3.8, 4) is 0 Å². The first-order chi connectivity index (χ1) is 14.4. The van der Waals surface area contributed by atoms with Crippen molar-refractivity contribution in [2.24, 2.45) is 5.92 Å². The second-order valence-corrected chi connectivity index (χ2v) is 9.03. The summed E-state index contributed by atoms with van der Waals surface area (Å²) in [6.45, 7) is 7.44. The Labute approximate surface area is 184 Å². The summed E-state index contributed by atoms with van der Waals surface area (Å²) in [5, 5.41) is 0.767. The molecule has 0 bridgehead atoms. The molecule has 164 valence electrons. The molecule has 30 heavy (non-hydrogen) atoms. The molecule has 1 spiro atoms. The van der Waals surface area contributed by atoms with E-state index in [1.807, 2.05) is 50.3 Å². The molecule has 7 heteroatoms. The van der Waals surface area contributed by atoms with Gasteiger partial charge in [0.15, 0.2) is 0 Å². The molecule has 0 aromatic heterocycles. The Hall–Kier alpha value is -1.89. The maximum absolute atomic E-state index is 13.3. The summed E-state index contributed by atoms with van der Waals surface area (Å²) in [7, 11) is 1.62. The van der Waals surface area contributed by atoms with E-state index in [0.717, 1.165) is 23.7 Å². The Bertz CT molecular complexity index is 773. The van der Waals surface area contributed by atoms with Gasteiger partial charge < -0.3 is 9.64 Å². The molecular formula is C23H32ClN3O3. The molecule has 2 fully saturated rings. The van der Waals surface area contributed by atoms with Gasteiger partial charge in [-0.1, -0.05) is 55.8 Å². The SMILES string of the molecule is COCCN1C(=O)N(CC(C)C)C(=O)C12CCN(C/C(Cl)=C/c1ccccc1)CC2. The van der Waals surface area contributed by atoms with Crippen LogP contribution in [0.1, 0.15) is 32.3 Å². The molecule has 2 heterocycles. The number of piperidine rings is 1. The Balaban J connectivity index is 1.69. The van der Waals surface area contributed by atoms with Crippen LogP contribution in [0.2, 0.25) is 0 Å². The fourth-order valence-corrected chi connectivity index (χ4v) is 4.65. The van der Waals surface area contributed by atoms with Crippen LogP contribution in [0.15, 0.2) is 35.4 Å². The van der Waals surface area contributed by atoms with Crippen molar-refractivity contribution in [2.45, 2.75) is 32.2 Å². The molecule has 0 N–H and O–H groups in total. The molecule has 0 atom stereocenters. The Morgan fingerprint density at radius 3 is 2.47 bits per heavy atom. The first-order valence-electron chi connectivity index (χ1n) is 10.6. The molecule has 0 aliphatic carbocycles. The highest BCUT2D eigenvalue weighted by atomic mass is 35.5. The van der Waals surface area contributed by atoms with Crippen LogP contribution in [0, 0.1) is 5.92 Å². The van der Waals surface area contributed by atoms with Gasteiger partial charge in [0.1, 0.15) is 5.54 Å². The molecule has 3 amide bonds. The van der Waals surface area contributed by atoms with Gasteiger partial charge in [-0.3, -0.25) is 14.6 Å². The Morgan fingerprint density at radius 2 is 1.87 bits per heavy atom. The number of rotatable bonds is 8. The van der Waals surface area contributed by atoms with Crippen LogP contribution in [-0.4, -0.2) is 78.6 Å². The summed E-state index contributed by atoms with van der Waals surface area (Å²) in [4.78, 5) is 31.8. The molecule has 0 radical (unpaired) electrons. The van der Waals surface area contributed by atoms with E-state index in [2.05, 4.69) is 4.90 Å². The van der Waals surface area contributed by atoms with Crippen molar-refractivity contribution >= 4 is 29.6 Å². The summed E-state index contributed by atoms with van der Waals surface area (Å²) in [5.74, 6) is 0.183. The number of hydrogen-bond donors (Lipinski definition) is 0. The predicted molar refractivity (Wildman–Crippen MR) is 119 cm³/mol. The van der Waals surface area contributed by atoms with E-state index in [1.54, 1.807) is 12.0 Å². The Morgan fingerprint density at radius 1 is 1.20 bits per heavy atom. The van der Waals surface area contributed by atoms with Gasteiger partial charge in [-0.05, 0) is 30.4 Å². The third-order valence-electron chi connectivity index (χ3n) is 5.87. The van der Waals surface area contributed by atoms with Crippen LogP contribution in [0.5, 0.6) is 0 Å². The van der Waals surface area contributed by atoms with Gasteiger partial charge in [0.05, 0.1) is 6.61 Å². The minimum absolute atomic E-state index is 0.0529. The van der Waals surface area contributed by atoms with Crippen molar-refractivity contribution in [3.05, 3.63) is 40.9 Å². The lowest BCUT2D eigenvalue weighted by Crippen LogP contribution is -2.57. The van der Waals surface area contributed by atoms with Gasteiger partial charge in [-0.15, -0.1) is 0 Å². The number of urea groups is 1. The van der Waals surface area contributed by atoms with Gasteiger partial charge >= 0.3 is 6.03 Å². The quantitative estimate of drug-likeness (QED) is 0.587. The van der Waals surface area contributed by atoms with Crippen LogP contribution in [0.4, 0.5) is 4.79 Å². The summed E-state index contributed by atoms with van der Waals surface area (Å²) < 4.78 is 5.21. The molecule has 3 rings (SSSR count). The highest BCUT2D eigenvalue weighted by molar-refractivity contribution is 6.31. The summed E-state index contributed by atoms with van der Waals surface area (Å²) in [6.07, 6.45) is 3.21. The van der Waals surface area contributed by atoms with Crippen molar-refractivity contribution < 1.29 is 14.3 Å². The van der Waals surface area contributed by atoms with Gasteiger partial charge in [0.25, 0.3) is 5.91 Å². The van der Waals surface area contributed by atoms with Crippen molar-refractivity contribution in [2.75, 3.05) is 46.4 Å². The standard InChI is InChI=1S/C23H32ClN3O3/c1-18(2)16-26-21(28)23(27(22(26)29)13-14-30-3)9-11-25(12-10-23)17-20(24)15-19-7-5-4-6-8-19/h4-8,15,18H,9-14,16-17H2,1-3H3/b20-15-. The number of ether oxygens (including phenoxy) is 1. The largest absolute Gasteiger partial charge is 0.383 e. The number of halogens is 1. The minimum Gasteiger partial charge on any atom is -0.383 e. The van der Waals surface area contributed by atoms with E-state index in [0.29, 0.717) is 39.1 Å². The third-order valence-corrected chi connectivity index (χ3v) is 6.10. The monoisotopic (exact) mass is 433 g/mol. The maximum atomic E-state index is 13.3. The highest BCUT2D eigenvalue weighted by Crippen LogP contribution is 2.37. The molecule has 0 unspecified atom stereocenters. The van der Waals surface area contributed by atoms with Crippen LogP contribution in [0.25, 0.3) is 6.08 Å². The van der Waals surface area contributed by atoms with E-state index in [4.69, 9.17) is 16.3 Å². The van der Waals surface area contributed by atoms with Gasteiger partial charge in [-0.2, -0.15) is 0 Å². The lowest BCUT2D eigenvalue weighted by Gasteiger charge is -2.42.